The van der Waals surface area contributed by atoms with Gasteiger partial charge in [-0.15, -0.1) is 0 Å². The number of hydrogen-bond donors (Lipinski definition) is 9. The Labute approximate surface area is 386 Å². The largest absolute Gasteiger partial charge is 0.394 e. The number of ether oxygens (including phenoxy) is 4. The van der Waals surface area contributed by atoms with E-state index in [1.165, 1.54) is 141 Å². The van der Waals surface area contributed by atoms with Crippen LogP contribution in [0.15, 0.2) is 12.2 Å². The van der Waals surface area contributed by atoms with Crippen molar-refractivity contribution in [2.75, 3.05) is 19.8 Å². The summed E-state index contributed by atoms with van der Waals surface area (Å²) in [5, 5.41) is 86.7. The fraction of sp³-hybridized carbons (Fsp3) is 0.940. The summed E-state index contributed by atoms with van der Waals surface area (Å²) in [7, 11) is 0. The zero-order valence-electron chi connectivity index (χ0n) is 40.0. The number of allylic oxidation sites excluding steroid dienone is 1. The number of aliphatic hydroxyl groups excluding tert-OH is 8. The predicted octanol–water partition coefficient (Wildman–Crippen LogP) is 6.77. The van der Waals surface area contributed by atoms with E-state index in [1.807, 2.05) is 6.08 Å². The number of aliphatic hydroxyl groups is 8. The standard InChI is InChI=1S/C50H95NO13/c1-3-5-7-9-11-13-15-17-18-19-20-22-23-25-27-29-31-33-39(54)38(51-42(55)34-32-30-28-26-24-21-16-14-12-10-8-6-4-2)37-61-49-47(60)45(58)48(41(36-53)63-49)64-50-46(59)44(57)43(56)40(35-52)62-50/h31,33,38-41,43-50,52-54,56-60H,3-30,32,34-37H2,1-2H3,(H,51,55)/b33-31+. The minimum absolute atomic E-state index is 0.238. The van der Waals surface area contributed by atoms with Crippen molar-refractivity contribution in [3.8, 4) is 0 Å². The highest BCUT2D eigenvalue weighted by Gasteiger charge is 2.51. The van der Waals surface area contributed by atoms with E-state index in [1.54, 1.807) is 6.08 Å². The first-order valence-electron chi connectivity index (χ1n) is 25.9. The van der Waals surface area contributed by atoms with E-state index in [4.69, 9.17) is 18.9 Å². The molecule has 2 heterocycles. The summed E-state index contributed by atoms with van der Waals surface area (Å²) in [5.41, 5.74) is 0. The molecule has 378 valence electrons. The highest BCUT2D eigenvalue weighted by molar-refractivity contribution is 5.76. The molecule has 14 nitrogen and oxygen atoms in total. The molecule has 0 saturated carbocycles. The summed E-state index contributed by atoms with van der Waals surface area (Å²) < 4.78 is 22.7. The first kappa shape index (κ1) is 58.9. The lowest BCUT2D eigenvalue weighted by molar-refractivity contribution is -0.359. The molecule has 2 rings (SSSR count). The molecule has 2 aliphatic heterocycles. The van der Waals surface area contributed by atoms with Crippen LogP contribution in [0.5, 0.6) is 0 Å². The van der Waals surface area contributed by atoms with E-state index in [9.17, 15) is 45.6 Å². The fourth-order valence-electron chi connectivity index (χ4n) is 8.70. The van der Waals surface area contributed by atoms with Crippen LogP contribution >= 0.6 is 0 Å². The number of nitrogens with one attached hydrogen (secondary N) is 1. The van der Waals surface area contributed by atoms with Crippen LogP contribution in [0, 0.1) is 0 Å². The Hall–Kier alpha value is -1.27. The maximum absolute atomic E-state index is 13.2. The van der Waals surface area contributed by atoms with E-state index >= 15 is 0 Å². The lowest BCUT2D eigenvalue weighted by atomic mass is 9.97. The number of carbonyl (C=O) groups excluding carboxylic acids is 1. The molecule has 0 bridgehead atoms. The predicted molar refractivity (Wildman–Crippen MR) is 249 cm³/mol. The third-order valence-electron chi connectivity index (χ3n) is 13.0. The van der Waals surface area contributed by atoms with Gasteiger partial charge in [0, 0.05) is 6.42 Å². The Bertz CT molecular complexity index is 1130. The summed E-state index contributed by atoms with van der Waals surface area (Å²) in [6.45, 7) is 2.79. The maximum atomic E-state index is 13.2. The molecule has 0 aromatic heterocycles. The van der Waals surface area contributed by atoms with E-state index in [0.717, 1.165) is 38.5 Å². The third-order valence-corrected chi connectivity index (χ3v) is 13.0. The molecule has 0 aromatic carbocycles. The van der Waals surface area contributed by atoms with Crippen LogP contribution in [0.4, 0.5) is 0 Å². The van der Waals surface area contributed by atoms with Gasteiger partial charge in [-0.25, -0.2) is 0 Å². The summed E-state index contributed by atoms with van der Waals surface area (Å²) in [6.07, 6.45) is 22.5. The molecule has 2 saturated heterocycles. The van der Waals surface area contributed by atoms with Crippen molar-refractivity contribution in [1.82, 2.24) is 5.32 Å². The zero-order valence-corrected chi connectivity index (χ0v) is 40.0. The van der Waals surface area contributed by atoms with Gasteiger partial charge in [-0.1, -0.05) is 193 Å². The molecule has 9 N–H and O–H groups in total. The van der Waals surface area contributed by atoms with Gasteiger partial charge in [0.05, 0.1) is 32.0 Å². The second-order valence-electron chi connectivity index (χ2n) is 18.7. The monoisotopic (exact) mass is 918 g/mol. The van der Waals surface area contributed by atoms with Crippen LogP contribution in [0.1, 0.15) is 206 Å². The van der Waals surface area contributed by atoms with Gasteiger partial charge < -0.3 is 65.1 Å². The first-order valence-corrected chi connectivity index (χ1v) is 25.9. The average Bonchev–Trinajstić information content (AvgIpc) is 3.29. The first-order chi connectivity index (χ1) is 31.1. The lowest BCUT2D eigenvalue weighted by Crippen LogP contribution is -2.65. The van der Waals surface area contributed by atoms with Crippen molar-refractivity contribution >= 4 is 5.91 Å². The highest BCUT2D eigenvalue weighted by atomic mass is 16.7. The van der Waals surface area contributed by atoms with Crippen LogP contribution < -0.4 is 5.32 Å². The Morgan fingerprint density at radius 3 is 1.44 bits per heavy atom. The van der Waals surface area contributed by atoms with Gasteiger partial charge in [0.2, 0.25) is 5.91 Å². The van der Waals surface area contributed by atoms with E-state index < -0.39 is 86.8 Å². The van der Waals surface area contributed by atoms with Gasteiger partial charge in [-0.2, -0.15) is 0 Å². The number of hydrogen-bond acceptors (Lipinski definition) is 13. The molecule has 0 spiro atoms. The van der Waals surface area contributed by atoms with Crippen LogP contribution in [0.25, 0.3) is 0 Å². The van der Waals surface area contributed by atoms with E-state index in [0.29, 0.717) is 6.42 Å². The van der Waals surface area contributed by atoms with Crippen LogP contribution in [-0.2, 0) is 23.7 Å². The van der Waals surface area contributed by atoms with Crippen LogP contribution in [0.3, 0.4) is 0 Å². The molecule has 12 atom stereocenters. The Kier molecular flexibility index (Phi) is 34.7. The number of unbranched alkanes of at least 4 members (excludes halogenated alkanes) is 27. The van der Waals surface area contributed by atoms with Crippen molar-refractivity contribution in [3.05, 3.63) is 12.2 Å². The zero-order chi connectivity index (χ0) is 46.8. The van der Waals surface area contributed by atoms with Gasteiger partial charge in [0.1, 0.15) is 48.8 Å². The van der Waals surface area contributed by atoms with Gasteiger partial charge >= 0.3 is 0 Å². The fourth-order valence-corrected chi connectivity index (χ4v) is 8.70. The average molecular weight is 918 g/mol. The highest BCUT2D eigenvalue weighted by Crippen LogP contribution is 2.30. The van der Waals surface area contributed by atoms with Crippen LogP contribution in [0.2, 0.25) is 0 Å². The van der Waals surface area contributed by atoms with E-state index in [-0.39, 0.29) is 18.9 Å². The number of amides is 1. The number of rotatable bonds is 40. The second kappa shape index (κ2) is 37.7. The molecule has 1 amide bonds. The molecule has 2 aliphatic rings. The van der Waals surface area contributed by atoms with Gasteiger partial charge in [-0.05, 0) is 19.3 Å². The smallest absolute Gasteiger partial charge is 0.220 e. The third kappa shape index (κ3) is 24.7. The summed E-state index contributed by atoms with van der Waals surface area (Å²) in [5.74, 6) is -0.238. The van der Waals surface area contributed by atoms with Crippen molar-refractivity contribution in [2.45, 2.75) is 280 Å². The van der Waals surface area contributed by atoms with Crippen molar-refractivity contribution in [1.29, 1.82) is 0 Å². The van der Waals surface area contributed by atoms with Crippen molar-refractivity contribution < 1.29 is 64.6 Å². The molecule has 14 heteroatoms. The van der Waals surface area contributed by atoms with Crippen molar-refractivity contribution in [3.63, 3.8) is 0 Å². The normalized spacial score (nSPS) is 27.3. The van der Waals surface area contributed by atoms with Crippen molar-refractivity contribution in [2.24, 2.45) is 0 Å². The minimum Gasteiger partial charge on any atom is -0.394 e. The summed E-state index contributed by atoms with van der Waals surface area (Å²) >= 11 is 0. The quantitative estimate of drug-likeness (QED) is 0.0229. The minimum atomic E-state index is -1.78. The summed E-state index contributed by atoms with van der Waals surface area (Å²) in [6, 6.07) is -0.907. The SMILES string of the molecule is CCCCCCCCCCCCCCCCC/C=C/C(O)C(COC1OC(CO)C(OC2OC(CO)C(O)C(O)C2O)C(O)C1O)NC(=O)CCCCCCCCCCCCCCC. The summed E-state index contributed by atoms with van der Waals surface area (Å²) in [4.78, 5) is 13.2. The van der Waals surface area contributed by atoms with Gasteiger partial charge in [0.15, 0.2) is 12.6 Å². The molecular weight excluding hydrogens is 823 g/mol. The molecule has 0 aromatic rings. The second-order valence-corrected chi connectivity index (χ2v) is 18.7. The topological polar surface area (TPSA) is 228 Å². The van der Waals surface area contributed by atoms with Crippen LogP contribution in [-0.4, -0.2) is 140 Å². The lowest BCUT2D eigenvalue weighted by Gasteiger charge is -2.46. The molecular formula is C50H95NO13. The molecule has 0 radical (unpaired) electrons. The molecule has 64 heavy (non-hydrogen) atoms. The molecule has 0 aliphatic carbocycles. The van der Waals surface area contributed by atoms with Gasteiger partial charge in [0.25, 0.3) is 0 Å². The Morgan fingerprint density at radius 1 is 0.547 bits per heavy atom. The molecule has 2 fully saturated rings. The molecule has 12 unspecified atom stereocenters. The Morgan fingerprint density at radius 2 is 0.969 bits per heavy atom. The maximum Gasteiger partial charge on any atom is 0.220 e. The number of carbonyl (C=O) groups is 1. The van der Waals surface area contributed by atoms with Gasteiger partial charge in [-0.3, -0.25) is 4.79 Å². The van der Waals surface area contributed by atoms with E-state index in [2.05, 4.69) is 19.2 Å². The Balaban J connectivity index is 1.85.